The summed E-state index contributed by atoms with van der Waals surface area (Å²) in [5, 5.41) is 0. The average molecular weight is 80.5 g/mol. The molecule has 26 valence electrons. The van der Waals surface area contributed by atoms with Crippen LogP contribution in [0.1, 0.15) is 0 Å². The van der Waals surface area contributed by atoms with Crippen LogP contribution in [-0.4, -0.2) is 11.4 Å². The molecular formula is C2H5ClO. The van der Waals surface area contributed by atoms with Crippen LogP contribution in [0.2, 0.25) is 0 Å². The molecule has 2 radical (unpaired) electrons. The number of hydrogen-bond acceptors (Lipinski definition) is 0. The lowest BCUT2D eigenvalue weighted by Crippen LogP contribution is -1.37. The summed E-state index contributed by atoms with van der Waals surface area (Å²) in [6, 6.07) is 0. The standard InChI is InChI=1S/C2H4Cl.HO/c1-2-3;/h1-2H2;1H. The third-order valence-corrected chi connectivity index (χ3v) is 0. The second-order valence-electron chi connectivity index (χ2n) is 0.189. The van der Waals surface area contributed by atoms with E-state index >= 15 is 0 Å². The summed E-state index contributed by atoms with van der Waals surface area (Å²) in [5.41, 5.74) is 0. The second-order valence-corrected chi connectivity index (χ2v) is 0.567. The fourth-order valence-corrected chi connectivity index (χ4v) is 0. The Labute approximate surface area is 30.9 Å². The molecule has 0 heterocycles. The van der Waals surface area contributed by atoms with E-state index in [4.69, 9.17) is 11.6 Å². The average Bonchev–Trinajstić information content (AvgIpc) is 0.918. The zero-order chi connectivity index (χ0) is 2.71. The SMILES string of the molecule is [CH2]CCl.[OH]. The molecule has 0 aliphatic carbocycles. The summed E-state index contributed by atoms with van der Waals surface area (Å²) >= 11 is 4.89. The van der Waals surface area contributed by atoms with Crippen molar-refractivity contribution in [3.05, 3.63) is 6.92 Å². The van der Waals surface area contributed by atoms with E-state index < -0.39 is 0 Å². The van der Waals surface area contributed by atoms with Crippen LogP contribution in [0.4, 0.5) is 0 Å². The van der Waals surface area contributed by atoms with Crippen LogP contribution in [-0.2, 0) is 0 Å². The van der Waals surface area contributed by atoms with Crippen molar-refractivity contribution in [2.75, 3.05) is 5.88 Å². The first-order valence-electron chi connectivity index (χ1n) is 0.767. The third-order valence-electron chi connectivity index (χ3n) is 0. The van der Waals surface area contributed by atoms with Crippen LogP contribution >= 0.6 is 11.6 Å². The van der Waals surface area contributed by atoms with Crippen molar-refractivity contribution >= 4 is 11.6 Å². The summed E-state index contributed by atoms with van der Waals surface area (Å²) in [4.78, 5) is 0. The highest BCUT2D eigenvalue weighted by Gasteiger charge is 1.39. The predicted octanol–water partition coefficient (Wildman–Crippen LogP) is 0.882. The minimum Gasteiger partial charge on any atom is -0.255 e. The Hall–Kier alpha value is 0.250. The van der Waals surface area contributed by atoms with E-state index in [1.165, 1.54) is 0 Å². The minimum atomic E-state index is 0. The van der Waals surface area contributed by atoms with Crippen LogP contribution < -0.4 is 0 Å². The first kappa shape index (κ1) is 8.87. The summed E-state index contributed by atoms with van der Waals surface area (Å²) in [7, 11) is 0. The van der Waals surface area contributed by atoms with Crippen molar-refractivity contribution in [1.82, 2.24) is 0 Å². The van der Waals surface area contributed by atoms with Crippen LogP contribution in [0.15, 0.2) is 0 Å². The highest BCUT2D eigenvalue weighted by atomic mass is 35.5. The van der Waals surface area contributed by atoms with E-state index in [2.05, 4.69) is 6.92 Å². The van der Waals surface area contributed by atoms with Crippen LogP contribution in [0, 0.1) is 6.92 Å². The number of halogens is 1. The number of alkyl halides is 1. The Kier molecular flexibility index (Phi) is 23.3. The first-order chi connectivity index (χ1) is 1.41. The van der Waals surface area contributed by atoms with E-state index in [1.54, 1.807) is 0 Å². The van der Waals surface area contributed by atoms with Gasteiger partial charge in [-0.2, -0.15) is 0 Å². The predicted molar refractivity (Wildman–Crippen MR) is 18.0 cm³/mol. The molecule has 0 bridgehead atoms. The molecule has 0 aliphatic heterocycles. The zero-order valence-electron chi connectivity index (χ0n) is 2.24. The Morgan fingerprint density at radius 1 is 1.75 bits per heavy atom. The van der Waals surface area contributed by atoms with Crippen LogP contribution in [0.25, 0.3) is 0 Å². The smallest absolute Gasteiger partial charge is 0.0223 e. The molecule has 2 heteroatoms. The van der Waals surface area contributed by atoms with E-state index in [0.717, 1.165) is 0 Å². The molecule has 0 rings (SSSR count). The molecule has 0 aromatic heterocycles. The molecule has 0 fully saturated rings. The maximum Gasteiger partial charge on any atom is 0.0223 e. The molecule has 4 heavy (non-hydrogen) atoms. The van der Waals surface area contributed by atoms with Gasteiger partial charge < -0.3 is 0 Å². The van der Waals surface area contributed by atoms with Crippen molar-refractivity contribution in [3.8, 4) is 0 Å². The van der Waals surface area contributed by atoms with Crippen LogP contribution in [0.3, 0.4) is 0 Å². The molecule has 0 aromatic rings. The lowest BCUT2D eigenvalue weighted by molar-refractivity contribution is 0.824. The minimum absolute atomic E-state index is 0. The molecule has 0 amide bonds. The van der Waals surface area contributed by atoms with Gasteiger partial charge in [-0.3, -0.25) is 5.48 Å². The highest BCUT2D eigenvalue weighted by Crippen LogP contribution is 1.58. The first-order valence-corrected chi connectivity index (χ1v) is 1.30. The van der Waals surface area contributed by atoms with Gasteiger partial charge in [-0.05, 0) is 6.92 Å². The molecule has 0 atom stereocenters. The fourth-order valence-electron chi connectivity index (χ4n) is 0. The zero-order valence-corrected chi connectivity index (χ0v) is 3.00. The Balaban J connectivity index is 0. The molecular weight excluding hydrogens is 75.5 g/mol. The van der Waals surface area contributed by atoms with Crippen molar-refractivity contribution < 1.29 is 5.48 Å². The van der Waals surface area contributed by atoms with Crippen LogP contribution in [0.5, 0.6) is 0 Å². The van der Waals surface area contributed by atoms with E-state index in [1.807, 2.05) is 0 Å². The lowest BCUT2D eigenvalue weighted by Gasteiger charge is -1.45. The van der Waals surface area contributed by atoms with Crippen molar-refractivity contribution in [1.29, 1.82) is 0 Å². The van der Waals surface area contributed by atoms with Gasteiger partial charge in [0.15, 0.2) is 0 Å². The molecule has 1 nitrogen and oxygen atoms in total. The Morgan fingerprint density at radius 2 is 1.75 bits per heavy atom. The molecule has 1 N–H and O–H groups in total. The molecule has 0 saturated heterocycles. The fraction of sp³-hybridized carbons (Fsp3) is 0.500. The highest BCUT2D eigenvalue weighted by molar-refractivity contribution is 6.18. The second kappa shape index (κ2) is 10.5. The summed E-state index contributed by atoms with van der Waals surface area (Å²) < 4.78 is 0. The van der Waals surface area contributed by atoms with Gasteiger partial charge in [-0.15, -0.1) is 11.6 Å². The van der Waals surface area contributed by atoms with Gasteiger partial charge in [0, 0.05) is 5.88 Å². The van der Waals surface area contributed by atoms with Gasteiger partial charge in [-0.1, -0.05) is 0 Å². The van der Waals surface area contributed by atoms with Crippen molar-refractivity contribution in [2.24, 2.45) is 0 Å². The Bertz CT molecular complexity index is 6.00. The Morgan fingerprint density at radius 3 is 1.75 bits per heavy atom. The van der Waals surface area contributed by atoms with Crippen molar-refractivity contribution in [3.63, 3.8) is 0 Å². The summed E-state index contributed by atoms with van der Waals surface area (Å²) in [6.07, 6.45) is 0. The van der Waals surface area contributed by atoms with Gasteiger partial charge in [-0.25, -0.2) is 0 Å². The molecule has 0 spiro atoms. The lowest BCUT2D eigenvalue weighted by atomic mass is 11.0. The number of hydrogen-bond donors (Lipinski definition) is 1. The molecule has 0 saturated carbocycles. The number of rotatable bonds is 0. The summed E-state index contributed by atoms with van der Waals surface area (Å²) in [6.45, 7) is 3.25. The van der Waals surface area contributed by atoms with E-state index in [-0.39, 0.29) is 5.48 Å². The van der Waals surface area contributed by atoms with E-state index in [9.17, 15) is 0 Å². The molecule has 0 aromatic carbocycles. The van der Waals surface area contributed by atoms with Gasteiger partial charge >= 0.3 is 0 Å². The normalized spacial score (nSPS) is 4.50. The van der Waals surface area contributed by atoms with Gasteiger partial charge in [0.1, 0.15) is 0 Å². The third kappa shape index (κ3) is 56.3. The molecule has 0 unspecified atom stereocenters. The topological polar surface area (TPSA) is 30.0 Å². The van der Waals surface area contributed by atoms with Gasteiger partial charge in [0.2, 0.25) is 0 Å². The maximum absolute atomic E-state index is 4.89. The van der Waals surface area contributed by atoms with Gasteiger partial charge in [0.25, 0.3) is 0 Å². The maximum atomic E-state index is 4.89. The van der Waals surface area contributed by atoms with E-state index in [0.29, 0.717) is 5.88 Å². The quantitative estimate of drug-likeness (QED) is 0.419. The largest absolute Gasteiger partial charge is 0.255 e. The van der Waals surface area contributed by atoms with Gasteiger partial charge in [0.05, 0.1) is 0 Å². The summed E-state index contributed by atoms with van der Waals surface area (Å²) in [5.74, 6) is 0.472. The molecule has 0 aliphatic rings. The van der Waals surface area contributed by atoms with Crippen molar-refractivity contribution in [2.45, 2.75) is 0 Å². The monoisotopic (exact) mass is 80.0 g/mol.